The minimum absolute atomic E-state index is 0.210. The summed E-state index contributed by atoms with van der Waals surface area (Å²) in [5.74, 6) is 0.210. The Bertz CT molecular complexity index is 1230. The molecule has 2 aromatic heterocycles. The van der Waals surface area contributed by atoms with Gasteiger partial charge in [0, 0.05) is 18.0 Å². The number of nitrogens with zero attached hydrogens (tertiary/aromatic N) is 3. The van der Waals surface area contributed by atoms with E-state index in [2.05, 4.69) is 20.2 Å². The highest BCUT2D eigenvalue weighted by Crippen LogP contribution is 2.31. The van der Waals surface area contributed by atoms with Gasteiger partial charge in [-0.3, -0.25) is 9.69 Å². The summed E-state index contributed by atoms with van der Waals surface area (Å²) < 4.78 is 0. The van der Waals surface area contributed by atoms with Crippen LogP contribution >= 0.6 is 11.6 Å². The molecule has 0 aliphatic carbocycles. The van der Waals surface area contributed by atoms with E-state index in [0.29, 0.717) is 38.1 Å². The van der Waals surface area contributed by atoms with Gasteiger partial charge < -0.3 is 10.1 Å². The van der Waals surface area contributed by atoms with Crippen molar-refractivity contribution in [3.8, 4) is 11.3 Å². The third-order valence-corrected chi connectivity index (χ3v) is 4.43. The first kappa shape index (κ1) is 16.1. The third kappa shape index (κ3) is 2.47. The van der Waals surface area contributed by atoms with E-state index in [1.54, 1.807) is 36.4 Å². The van der Waals surface area contributed by atoms with Crippen molar-refractivity contribution in [1.29, 1.82) is 0 Å². The number of hydrogen-bond donors (Lipinski definition) is 3. The molecule has 0 aliphatic rings. The second-order valence-electron chi connectivity index (χ2n) is 5.70. The van der Waals surface area contributed by atoms with Gasteiger partial charge in [0.05, 0.1) is 21.4 Å². The van der Waals surface area contributed by atoms with Gasteiger partial charge in [0.25, 0.3) is 5.56 Å². The van der Waals surface area contributed by atoms with E-state index in [-0.39, 0.29) is 11.5 Å². The van der Waals surface area contributed by atoms with Crippen molar-refractivity contribution < 1.29 is 9.90 Å². The quantitative estimate of drug-likeness (QED) is 0.501. The zero-order valence-corrected chi connectivity index (χ0v) is 14.2. The van der Waals surface area contributed by atoms with Crippen LogP contribution in [0.3, 0.4) is 0 Å². The lowest BCUT2D eigenvalue weighted by Crippen LogP contribution is -2.24. The zero-order chi connectivity index (χ0) is 18.4. The van der Waals surface area contributed by atoms with Gasteiger partial charge in [0.1, 0.15) is 5.69 Å². The lowest BCUT2D eigenvalue weighted by molar-refractivity contribution is 0.203. The van der Waals surface area contributed by atoms with Crippen LogP contribution in [0.5, 0.6) is 0 Å². The molecular weight excluding hydrogens is 358 g/mol. The van der Waals surface area contributed by atoms with Gasteiger partial charge in [-0.1, -0.05) is 23.7 Å². The molecule has 0 unspecified atom stereocenters. The lowest BCUT2D eigenvalue weighted by atomic mass is 10.0. The highest BCUT2D eigenvalue weighted by Gasteiger charge is 2.16. The molecule has 130 valence electrons. The molecule has 1 amide bonds. The van der Waals surface area contributed by atoms with Gasteiger partial charge >= 0.3 is 6.09 Å². The molecule has 8 nitrogen and oxygen atoms in total. The predicted octanol–water partition coefficient (Wildman–Crippen LogP) is 3.23. The van der Waals surface area contributed by atoms with Crippen molar-refractivity contribution in [3.05, 3.63) is 51.8 Å². The number of halogens is 1. The van der Waals surface area contributed by atoms with Crippen LogP contribution in [0.4, 0.5) is 10.7 Å². The average Bonchev–Trinajstić information content (AvgIpc) is 3.05. The fraction of sp³-hybridized carbons (Fsp3) is 0.0588. The molecule has 0 spiro atoms. The standard InChI is InChI=1S/C17H12ClN5O3/c1-23(17(25)26)16-19-11-6-5-8(7-12(11)20-16)14-13-9(15(24)22-21-14)3-2-4-10(13)18/h2-7H,1H3,(H,19,20)(H,22,24)(H,25,26). The smallest absolute Gasteiger partial charge is 0.413 e. The fourth-order valence-electron chi connectivity index (χ4n) is 2.77. The highest BCUT2D eigenvalue weighted by molar-refractivity contribution is 6.36. The van der Waals surface area contributed by atoms with Gasteiger partial charge in [0.15, 0.2) is 0 Å². The molecule has 0 atom stereocenters. The first-order valence-electron chi connectivity index (χ1n) is 7.59. The number of aromatic nitrogens is 4. The Kier molecular flexibility index (Phi) is 3.62. The van der Waals surface area contributed by atoms with Crippen molar-refractivity contribution >= 4 is 45.4 Å². The van der Waals surface area contributed by atoms with Crippen molar-refractivity contribution in [3.63, 3.8) is 0 Å². The van der Waals surface area contributed by atoms with E-state index < -0.39 is 6.09 Å². The minimum Gasteiger partial charge on any atom is -0.465 e. The Balaban J connectivity index is 1.93. The normalized spacial score (nSPS) is 11.2. The maximum atomic E-state index is 12.0. The van der Waals surface area contributed by atoms with E-state index >= 15 is 0 Å². The molecule has 3 N–H and O–H groups in total. The summed E-state index contributed by atoms with van der Waals surface area (Å²) >= 11 is 6.30. The van der Waals surface area contributed by atoms with Crippen molar-refractivity contribution in [2.45, 2.75) is 0 Å². The monoisotopic (exact) mass is 369 g/mol. The second kappa shape index (κ2) is 5.85. The number of carboxylic acid groups (broad SMARTS) is 1. The van der Waals surface area contributed by atoms with E-state index in [1.165, 1.54) is 7.05 Å². The van der Waals surface area contributed by atoms with Gasteiger partial charge in [-0.05, 0) is 24.3 Å². The molecule has 2 aromatic carbocycles. The number of hydrogen-bond acceptors (Lipinski definition) is 4. The lowest BCUT2D eigenvalue weighted by Gasteiger charge is -2.07. The van der Waals surface area contributed by atoms with Gasteiger partial charge in [0.2, 0.25) is 5.95 Å². The van der Waals surface area contributed by atoms with Gasteiger partial charge in [-0.25, -0.2) is 14.9 Å². The number of amides is 1. The van der Waals surface area contributed by atoms with Crippen LogP contribution in [-0.2, 0) is 0 Å². The molecule has 9 heteroatoms. The Morgan fingerprint density at radius 1 is 1.27 bits per heavy atom. The van der Waals surface area contributed by atoms with Crippen LogP contribution in [0.2, 0.25) is 5.02 Å². The second-order valence-corrected chi connectivity index (χ2v) is 6.10. The number of benzene rings is 2. The fourth-order valence-corrected chi connectivity index (χ4v) is 3.04. The number of anilines is 1. The Hall–Kier alpha value is -3.39. The van der Waals surface area contributed by atoms with Gasteiger partial charge in [-0.15, -0.1) is 0 Å². The predicted molar refractivity (Wildman–Crippen MR) is 98.9 cm³/mol. The summed E-state index contributed by atoms with van der Waals surface area (Å²) in [6.45, 7) is 0. The molecule has 0 aliphatic heterocycles. The number of H-pyrrole nitrogens is 2. The molecule has 0 bridgehead atoms. The first-order chi connectivity index (χ1) is 12.5. The van der Waals surface area contributed by atoms with Crippen LogP contribution in [0, 0.1) is 0 Å². The summed E-state index contributed by atoms with van der Waals surface area (Å²) in [5.41, 5.74) is 2.14. The summed E-state index contributed by atoms with van der Waals surface area (Å²) in [6, 6.07) is 10.4. The zero-order valence-electron chi connectivity index (χ0n) is 13.4. The van der Waals surface area contributed by atoms with Crippen LogP contribution in [0.25, 0.3) is 33.1 Å². The number of aromatic amines is 2. The van der Waals surface area contributed by atoms with Crippen LogP contribution in [-0.4, -0.2) is 38.4 Å². The molecule has 4 aromatic rings. The Labute approximate surface area is 151 Å². The van der Waals surface area contributed by atoms with Crippen molar-refractivity contribution in [2.24, 2.45) is 0 Å². The van der Waals surface area contributed by atoms with Crippen LogP contribution < -0.4 is 10.5 Å². The molecule has 2 heterocycles. The Morgan fingerprint density at radius 3 is 2.85 bits per heavy atom. The third-order valence-electron chi connectivity index (χ3n) is 4.11. The van der Waals surface area contributed by atoms with Crippen molar-refractivity contribution in [1.82, 2.24) is 20.2 Å². The van der Waals surface area contributed by atoms with E-state index in [4.69, 9.17) is 16.7 Å². The SMILES string of the molecule is CN(C(=O)O)c1nc2cc(-c3n[nH]c(=O)c4cccc(Cl)c34)ccc2[nH]1. The maximum Gasteiger partial charge on any atom is 0.413 e. The van der Waals surface area contributed by atoms with Crippen LogP contribution in [0.1, 0.15) is 0 Å². The molecule has 0 saturated heterocycles. The Morgan fingerprint density at radius 2 is 2.08 bits per heavy atom. The topological polar surface area (TPSA) is 115 Å². The molecule has 0 radical (unpaired) electrons. The maximum absolute atomic E-state index is 12.0. The summed E-state index contributed by atoms with van der Waals surface area (Å²) in [7, 11) is 1.40. The number of carbonyl (C=O) groups is 1. The summed E-state index contributed by atoms with van der Waals surface area (Å²) in [4.78, 5) is 31.3. The average molecular weight is 370 g/mol. The summed E-state index contributed by atoms with van der Waals surface area (Å²) in [6.07, 6.45) is -1.12. The van der Waals surface area contributed by atoms with E-state index in [1.807, 2.05) is 0 Å². The van der Waals surface area contributed by atoms with E-state index in [0.717, 1.165) is 4.90 Å². The number of imidazole rings is 1. The molecule has 0 fully saturated rings. The first-order valence-corrected chi connectivity index (χ1v) is 7.97. The molecule has 0 saturated carbocycles. The largest absolute Gasteiger partial charge is 0.465 e. The van der Waals surface area contributed by atoms with Crippen molar-refractivity contribution in [2.75, 3.05) is 11.9 Å². The molecule has 26 heavy (non-hydrogen) atoms. The number of fused-ring (bicyclic) bond motifs is 2. The minimum atomic E-state index is -1.12. The van der Waals surface area contributed by atoms with E-state index in [9.17, 15) is 9.59 Å². The highest BCUT2D eigenvalue weighted by atomic mass is 35.5. The molecular formula is C17H12ClN5O3. The number of nitrogens with one attached hydrogen (secondary N) is 2. The number of rotatable bonds is 2. The molecule has 4 rings (SSSR count). The van der Waals surface area contributed by atoms with Crippen LogP contribution in [0.15, 0.2) is 41.2 Å². The summed E-state index contributed by atoms with van der Waals surface area (Å²) in [5, 5.41) is 17.1. The van der Waals surface area contributed by atoms with Gasteiger partial charge in [-0.2, -0.15) is 5.10 Å².